The molecular formula is C27H23NO7. The molecule has 0 saturated heterocycles. The SMILES string of the molecule is COc1ccc(C(=O)COC(=O)c2ccc3c(c2)C(=O)N(c2cc(C)ccc2C)C3=O)cc1OC. The second kappa shape index (κ2) is 9.42. The van der Waals surface area contributed by atoms with Crippen LogP contribution in [0, 0.1) is 13.8 Å². The van der Waals surface area contributed by atoms with E-state index in [0.717, 1.165) is 16.0 Å². The molecule has 178 valence electrons. The summed E-state index contributed by atoms with van der Waals surface area (Å²) in [6, 6.07) is 14.3. The first-order valence-electron chi connectivity index (χ1n) is 10.8. The van der Waals surface area contributed by atoms with Gasteiger partial charge >= 0.3 is 5.97 Å². The van der Waals surface area contributed by atoms with E-state index in [1.54, 1.807) is 18.2 Å². The Balaban J connectivity index is 1.51. The van der Waals surface area contributed by atoms with E-state index in [1.807, 2.05) is 26.0 Å². The standard InChI is InChI=1S/C27H23NO7/c1-15-5-6-16(2)21(11-15)28-25(30)19-9-7-18(12-20(19)26(28)31)27(32)35-14-22(29)17-8-10-23(33-3)24(13-17)34-4/h5-13H,14H2,1-4H3. The van der Waals surface area contributed by atoms with Crippen molar-refractivity contribution in [2.45, 2.75) is 13.8 Å². The van der Waals surface area contributed by atoms with Crippen molar-refractivity contribution in [2.24, 2.45) is 0 Å². The second-order valence-corrected chi connectivity index (χ2v) is 8.07. The number of ether oxygens (including phenoxy) is 3. The summed E-state index contributed by atoms with van der Waals surface area (Å²) in [5.74, 6) is -1.36. The molecule has 0 N–H and O–H groups in total. The van der Waals surface area contributed by atoms with Crippen molar-refractivity contribution in [1.82, 2.24) is 0 Å². The van der Waals surface area contributed by atoms with Gasteiger partial charge in [0.2, 0.25) is 0 Å². The summed E-state index contributed by atoms with van der Waals surface area (Å²) in [4.78, 5) is 52.3. The lowest BCUT2D eigenvalue weighted by molar-refractivity contribution is 0.0474. The minimum atomic E-state index is -0.785. The molecule has 3 aromatic carbocycles. The van der Waals surface area contributed by atoms with Crippen LogP contribution in [0.15, 0.2) is 54.6 Å². The number of benzene rings is 3. The number of methoxy groups -OCH3 is 2. The van der Waals surface area contributed by atoms with E-state index in [4.69, 9.17) is 14.2 Å². The Morgan fingerprint density at radius 3 is 2.17 bits per heavy atom. The zero-order chi connectivity index (χ0) is 25.3. The number of fused-ring (bicyclic) bond motifs is 1. The molecule has 8 heteroatoms. The predicted octanol–water partition coefficient (Wildman–Crippen LogP) is 4.16. The molecule has 3 aromatic rings. The average Bonchev–Trinajstić information content (AvgIpc) is 3.12. The van der Waals surface area contributed by atoms with E-state index in [-0.39, 0.29) is 22.3 Å². The maximum atomic E-state index is 13.1. The Labute approximate surface area is 202 Å². The summed E-state index contributed by atoms with van der Waals surface area (Å²) < 4.78 is 15.5. The summed E-state index contributed by atoms with van der Waals surface area (Å²) in [6.07, 6.45) is 0. The second-order valence-electron chi connectivity index (χ2n) is 8.07. The fourth-order valence-corrected chi connectivity index (χ4v) is 3.85. The maximum Gasteiger partial charge on any atom is 0.338 e. The van der Waals surface area contributed by atoms with Crippen LogP contribution < -0.4 is 14.4 Å². The van der Waals surface area contributed by atoms with Gasteiger partial charge in [-0.1, -0.05) is 12.1 Å². The highest BCUT2D eigenvalue weighted by Crippen LogP contribution is 2.32. The van der Waals surface area contributed by atoms with Crippen molar-refractivity contribution in [3.63, 3.8) is 0 Å². The topological polar surface area (TPSA) is 99.2 Å². The minimum Gasteiger partial charge on any atom is -0.493 e. The maximum absolute atomic E-state index is 13.1. The number of Topliss-reactive ketones (excluding diaryl/α,β-unsaturated/α-hetero) is 1. The van der Waals surface area contributed by atoms with Gasteiger partial charge in [0.15, 0.2) is 23.9 Å². The first kappa shape index (κ1) is 23.7. The summed E-state index contributed by atoms with van der Waals surface area (Å²) in [5.41, 5.74) is 2.84. The molecule has 8 nitrogen and oxygen atoms in total. The van der Waals surface area contributed by atoms with Crippen molar-refractivity contribution < 1.29 is 33.4 Å². The van der Waals surface area contributed by atoms with Crippen LogP contribution in [-0.2, 0) is 4.74 Å². The number of amides is 2. The zero-order valence-electron chi connectivity index (χ0n) is 19.7. The van der Waals surface area contributed by atoms with Crippen LogP contribution in [0.25, 0.3) is 0 Å². The van der Waals surface area contributed by atoms with E-state index in [0.29, 0.717) is 17.2 Å². The lowest BCUT2D eigenvalue weighted by atomic mass is 10.1. The molecule has 0 fully saturated rings. The van der Waals surface area contributed by atoms with Gasteiger partial charge in [-0.05, 0) is 67.4 Å². The Hall–Kier alpha value is -4.46. The van der Waals surface area contributed by atoms with Gasteiger partial charge in [0.1, 0.15) is 0 Å². The van der Waals surface area contributed by atoms with Crippen molar-refractivity contribution >= 4 is 29.3 Å². The minimum absolute atomic E-state index is 0.0628. The average molecular weight is 473 g/mol. The predicted molar refractivity (Wildman–Crippen MR) is 128 cm³/mol. The highest BCUT2D eigenvalue weighted by Gasteiger charge is 2.38. The highest BCUT2D eigenvalue weighted by atomic mass is 16.5. The Kier molecular flexibility index (Phi) is 6.38. The normalized spacial score (nSPS) is 12.4. The van der Waals surface area contributed by atoms with Crippen LogP contribution >= 0.6 is 0 Å². The van der Waals surface area contributed by atoms with Crippen LogP contribution in [-0.4, -0.2) is 44.4 Å². The summed E-state index contributed by atoms with van der Waals surface area (Å²) in [6.45, 7) is 3.18. The lowest BCUT2D eigenvalue weighted by Crippen LogP contribution is -2.30. The number of anilines is 1. The number of ketones is 1. The van der Waals surface area contributed by atoms with Crippen LogP contribution in [0.1, 0.15) is 52.6 Å². The molecule has 35 heavy (non-hydrogen) atoms. The number of esters is 1. The van der Waals surface area contributed by atoms with Gasteiger partial charge in [-0.3, -0.25) is 14.4 Å². The largest absolute Gasteiger partial charge is 0.493 e. The molecule has 0 bridgehead atoms. The summed E-state index contributed by atoms with van der Waals surface area (Å²) >= 11 is 0. The van der Waals surface area contributed by atoms with Gasteiger partial charge in [0, 0.05) is 5.56 Å². The third-order valence-corrected chi connectivity index (χ3v) is 5.77. The molecule has 0 atom stereocenters. The number of hydrogen-bond donors (Lipinski definition) is 0. The molecule has 0 aliphatic carbocycles. The van der Waals surface area contributed by atoms with Gasteiger partial charge in [-0.15, -0.1) is 0 Å². The summed E-state index contributed by atoms with van der Waals surface area (Å²) in [5, 5.41) is 0. The fraction of sp³-hybridized carbons (Fsp3) is 0.185. The van der Waals surface area contributed by atoms with Gasteiger partial charge in [0.25, 0.3) is 11.8 Å². The number of carbonyl (C=O) groups excluding carboxylic acids is 4. The molecule has 1 heterocycles. The van der Waals surface area contributed by atoms with Gasteiger partial charge in [-0.2, -0.15) is 0 Å². The number of nitrogens with zero attached hydrogens (tertiary/aromatic N) is 1. The smallest absolute Gasteiger partial charge is 0.338 e. The van der Waals surface area contributed by atoms with Crippen LogP contribution in [0.4, 0.5) is 5.69 Å². The highest BCUT2D eigenvalue weighted by molar-refractivity contribution is 6.35. The van der Waals surface area contributed by atoms with Crippen molar-refractivity contribution in [3.05, 3.63) is 88.0 Å². The third kappa shape index (κ3) is 4.38. The Bertz CT molecular complexity index is 1380. The molecule has 4 rings (SSSR count). The molecule has 0 saturated carbocycles. The number of aryl methyl sites for hydroxylation is 2. The van der Waals surface area contributed by atoms with Gasteiger partial charge in [-0.25, -0.2) is 9.69 Å². The van der Waals surface area contributed by atoms with Crippen molar-refractivity contribution in [2.75, 3.05) is 25.7 Å². The quantitative estimate of drug-likeness (QED) is 0.289. The molecule has 1 aliphatic rings. The molecule has 0 unspecified atom stereocenters. The zero-order valence-corrected chi connectivity index (χ0v) is 19.7. The van der Waals surface area contributed by atoms with E-state index in [9.17, 15) is 19.2 Å². The van der Waals surface area contributed by atoms with Crippen LogP contribution in [0.2, 0.25) is 0 Å². The lowest BCUT2D eigenvalue weighted by Gasteiger charge is -2.17. The Morgan fingerprint density at radius 2 is 1.46 bits per heavy atom. The first-order valence-corrected chi connectivity index (χ1v) is 10.8. The monoisotopic (exact) mass is 473 g/mol. The van der Waals surface area contributed by atoms with Gasteiger partial charge < -0.3 is 14.2 Å². The molecule has 0 aromatic heterocycles. The van der Waals surface area contributed by atoms with E-state index in [1.165, 1.54) is 38.5 Å². The first-order chi connectivity index (χ1) is 16.7. The van der Waals surface area contributed by atoms with Crippen molar-refractivity contribution in [3.8, 4) is 11.5 Å². The number of rotatable bonds is 7. The van der Waals surface area contributed by atoms with Gasteiger partial charge in [0.05, 0.1) is 36.6 Å². The number of carbonyl (C=O) groups is 4. The molecular weight excluding hydrogens is 450 g/mol. The molecule has 2 amide bonds. The van der Waals surface area contributed by atoms with Crippen LogP contribution in [0.3, 0.4) is 0 Å². The molecule has 0 spiro atoms. The van der Waals surface area contributed by atoms with Crippen LogP contribution in [0.5, 0.6) is 11.5 Å². The Morgan fingerprint density at radius 1 is 0.771 bits per heavy atom. The third-order valence-electron chi connectivity index (χ3n) is 5.77. The fourth-order valence-electron chi connectivity index (χ4n) is 3.85. The van der Waals surface area contributed by atoms with E-state index in [2.05, 4.69) is 0 Å². The van der Waals surface area contributed by atoms with E-state index >= 15 is 0 Å². The molecule has 0 radical (unpaired) electrons. The molecule has 1 aliphatic heterocycles. The number of imide groups is 1. The number of hydrogen-bond acceptors (Lipinski definition) is 7. The van der Waals surface area contributed by atoms with Crippen molar-refractivity contribution in [1.29, 1.82) is 0 Å². The summed E-state index contributed by atoms with van der Waals surface area (Å²) in [7, 11) is 2.94. The van der Waals surface area contributed by atoms with E-state index < -0.39 is 30.2 Å².